The molecule has 0 unspecified atom stereocenters. The zero-order valence-electron chi connectivity index (χ0n) is 20.9. The van der Waals surface area contributed by atoms with Crippen molar-refractivity contribution in [2.75, 3.05) is 26.3 Å². The van der Waals surface area contributed by atoms with Crippen molar-refractivity contribution in [1.29, 1.82) is 0 Å². The van der Waals surface area contributed by atoms with Gasteiger partial charge in [0.2, 0.25) is 0 Å². The van der Waals surface area contributed by atoms with Crippen LogP contribution in [0.15, 0.2) is 71.8 Å². The zero-order valence-corrected chi connectivity index (χ0v) is 20.9. The lowest BCUT2D eigenvalue weighted by atomic mass is 10.0. The van der Waals surface area contributed by atoms with Gasteiger partial charge in [0.25, 0.3) is 11.8 Å². The van der Waals surface area contributed by atoms with Gasteiger partial charge in [-0.05, 0) is 36.8 Å². The van der Waals surface area contributed by atoms with Gasteiger partial charge in [-0.25, -0.2) is 0 Å². The van der Waals surface area contributed by atoms with Gasteiger partial charge >= 0.3 is 0 Å². The van der Waals surface area contributed by atoms with Crippen molar-refractivity contribution < 1.29 is 19.8 Å². The molecule has 0 radical (unpaired) electrons. The van der Waals surface area contributed by atoms with E-state index in [0.717, 1.165) is 62.5 Å². The number of unbranched alkanes of at least 4 members (excludes halogenated alkanes) is 6. The molecule has 0 fully saturated rings. The highest BCUT2D eigenvalue weighted by atomic mass is 16.3. The molecule has 2 N–H and O–H groups in total. The molecule has 0 bridgehead atoms. The van der Waals surface area contributed by atoms with Crippen molar-refractivity contribution in [3.63, 3.8) is 0 Å². The van der Waals surface area contributed by atoms with Crippen molar-refractivity contribution >= 4 is 23.2 Å². The van der Waals surface area contributed by atoms with Gasteiger partial charge in [-0.1, -0.05) is 86.3 Å². The SMILES string of the molecule is O=C1C2=C(c3ccccc3)N(CCCCCCO)C(=O)C2=C(c2ccccc2)N1CCCCCCO. The number of carbonyl (C=O) groups excluding carboxylic acids is 2. The molecule has 6 heteroatoms. The summed E-state index contributed by atoms with van der Waals surface area (Å²) < 4.78 is 0. The number of aliphatic hydroxyl groups excluding tert-OH is 2. The van der Waals surface area contributed by atoms with Crippen LogP contribution in [0.3, 0.4) is 0 Å². The smallest absolute Gasteiger partial charge is 0.261 e. The van der Waals surface area contributed by atoms with Gasteiger partial charge in [-0.2, -0.15) is 0 Å². The number of carbonyl (C=O) groups is 2. The number of hydrogen-bond donors (Lipinski definition) is 2. The topological polar surface area (TPSA) is 81.1 Å². The van der Waals surface area contributed by atoms with Crippen molar-refractivity contribution in [1.82, 2.24) is 9.80 Å². The van der Waals surface area contributed by atoms with E-state index in [1.807, 2.05) is 60.7 Å². The van der Waals surface area contributed by atoms with Gasteiger partial charge in [0, 0.05) is 26.3 Å². The van der Waals surface area contributed by atoms with Crippen LogP contribution in [0.5, 0.6) is 0 Å². The van der Waals surface area contributed by atoms with E-state index < -0.39 is 0 Å². The number of hydrogen-bond acceptors (Lipinski definition) is 4. The van der Waals surface area contributed by atoms with Crippen LogP contribution in [-0.4, -0.2) is 58.1 Å². The molecule has 2 aliphatic rings. The first-order chi connectivity index (χ1) is 17.7. The molecule has 2 aromatic carbocycles. The fraction of sp³-hybridized carbons (Fsp3) is 0.400. The van der Waals surface area contributed by atoms with Crippen molar-refractivity contribution in [3.05, 3.63) is 82.9 Å². The van der Waals surface area contributed by atoms with Gasteiger partial charge in [0.05, 0.1) is 22.5 Å². The van der Waals surface area contributed by atoms with Crippen LogP contribution in [0.1, 0.15) is 62.5 Å². The second-order valence-electron chi connectivity index (χ2n) is 9.37. The second kappa shape index (κ2) is 12.7. The lowest BCUT2D eigenvalue weighted by molar-refractivity contribution is -0.124. The Kier molecular flexibility index (Phi) is 9.09. The fourth-order valence-corrected chi connectivity index (χ4v) is 5.09. The third-order valence-corrected chi connectivity index (χ3v) is 6.86. The Balaban J connectivity index is 1.73. The maximum Gasteiger partial charge on any atom is 0.261 e. The highest BCUT2D eigenvalue weighted by Gasteiger charge is 2.48. The number of amides is 2. The molecular weight excluding hydrogens is 452 g/mol. The molecule has 0 aromatic heterocycles. The summed E-state index contributed by atoms with van der Waals surface area (Å²) in [5.41, 5.74) is 4.18. The third-order valence-electron chi connectivity index (χ3n) is 6.86. The molecule has 2 aromatic rings. The molecule has 0 spiro atoms. The van der Waals surface area contributed by atoms with E-state index in [4.69, 9.17) is 10.2 Å². The van der Waals surface area contributed by atoms with Gasteiger partial charge in [-0.3, -0.25) is 9.59 Å². The number of rotatable bonds is 14. The molecule has 6 nitrogen and oxygen atoms in total. The summed E-state index contributed by atoms with van der Waals surface area (Å²) in [4.78, 5) is 31.5. The van der Waals surface area contributed by atoms with Gasteiger partial charge in [-0.15, -0.1) is 0 Å². The van der Waals surface area contributed by atoms with Gasteiger partial charge < -0.3 is 20.0 Å². The predicted octanol–water partition coefficient (Wildman–Crippen LogP) is 4.60. The summed E-state index contributed by atoms with van der Waals surface area (Å²) in [6, 6.07) is 19.5. The van der Waals surface area contributed by atoms with Crippen molar-refractivity contribution in [2.24, 2.45) is 0 Å². The Hall–Kier alpha value is -3.22. The van der Waals surface area contributed by atoms with E-state index in [0.29, 0.717) is 35.6 Å². The van der Waals surface area contributed by atoms with Crippen LogP contribution in [0.25, 0.3) is 11.4 Å². The predicted molar refractivity (Wildman–Crippen MR) is 141 cm³/mol. The van der Waals surface area contributed by atoms with E-state index in [-0.39, 0.29) is 25.0 Å². The quantitative estimate of drug-likeness (QED) is 0.381. The molecule has 190 valence electrons. The minimum Gasteiger partial charge on any atom is -0.396 e. The van der Waals surface area contributed by atoms with E-state index in [1.54, 1.807) is 9.80 Å². The Bertz CT molecular complexity index is 1020. The molecule has 0 atom stereocenters. The molecule has 2 heterocycles. The molecule has 0 aliphatic carbocycles. The maximum absolute atomic E-state index is 14.0. The van der Waals surface area contributed by atoms with E-state index >= 15 is 0 Å². The normalized spacial score (nSPS) is 15.5. The molecule has 0 saturated carbocycles. The summed E-state index contributed by atoms with van der Waals surface area (Å²) in [7, 11) is 0. The van der Waals surface area contributed by atoms with Crippen LogP contribution >= 0.6 is 0 Å². The highest BCUT2D eigenvalue weighted by molar-refractivity contribution is 6.30. The molecular formula is C30H36N2O4. The molecule has 2 amide bonds. The summed E-state index contributed by atoms with van der Waals surface area (Å²) in [6.07, 6.45) is 6.80. The summed E-state index contributed by atoms with van der Waals surface area (Å²) in [5.74, 6) is -0.220. The minimum atomic E-state index is -0.110. The van der Waals surface area contributed by atoms with Crippen molar-refractivity contribution in [3.8, 4) is 0 Å². The number of nitrogens with zero attached hydrogens (tertiary/aromatic N) is 2. The van der Waals surface area contributed by atoms with Gasteiger partial charge in [0.1, 0.15) is 0 Å². The van der Waals surface area contributed by atoms with Crippen LogP contribution in [-0.2, 0) is 9.59 Å². The van der Waals surface area contributed by atoms with Crippen LogP contribution in [0.2, 0.25) is 0 Å². The van der Waals surface area contributed by atoms with Crippen LogP contribution in [0, 0.1) is 0 Å². The summed E-state index contributed by atoms with van der Waals surface area (Å²) in [6.45, 7) is 1.44. The molecule has 0 saturated heterocycles. The number of benzene rings is 2. The summed E-state index contributed by atoms with van der Waals surface area (Å²) >= 11 is 0. The minimum absolute atomic E-state index is 0.110. The summed E-state index contributed by atoms with van der Waals surface area (Å²) in [5, 5.41) is 18.2. The first-order valence-corrected chi connectivity index (χ1v) is 13.1. The lowest BCUT2D eigenvalue weighted by Gasteiger charge is -2.25. The van der Waals surface area contributed by atoms with Crippen LogP contribution in [0.4, 0.5) is 0 Å². The Morgan fingerprint density at radius 2 is 0.861 bits per heavy atom. The Morgan fingerprint density at radius 1 is 0.500 bits per heavy atom. The standard InChI is InChI=1S/C30H36N2O4/c33-21-13-3-1-11-19-31-27(23-15-7-5-8-16-23)25-26(29(31)35)28(24-17-9-6-10-18-24)32(30(25)36)20-12-2-4-14-22-34/h5-10,15-18,33-34H,1-4,11-14,19-22H2. The fourth-order valence-electron chi connectivity index (χ4n) is 5.09. The maximum atomic E-state index is 14.0. The monoisotopic (exact) mass is 488 g/mol. The lowest BCUT2D eigenvalue weighted by Crippen LogP contribution is -2.31. The molecule has 2 aliphatic heterocycles. The zero-order chi connectivity index (χ0) is 25.3. The second-order valence-corrected chi connectivity index (χ2v) is 9.37. The first kappa shape index (κ1) is 25.9. The number of fused-ring (bicyclic) bond motifs is 1. The van der Waals surface area contributed by atoms with Crippen LogP contribution < -0.4 is 0 Å². The van der Waals surface area contributed by atoms with Gasteiger partial charge in [0.15, 0.2) is 0 Å². The van der Waals surface area contributed by atoms with E-state index in [2.05, 4.69) is 0 Å². The average molecular weight is 489 g/mol. The Morgan fingerprint density at radius 3 is 1.22 bits per heavy atom. The van der Waals surface area contributed by atoms with E-state index in [1.165, 1.54) is 0 Å². The first-order valence-electron chi connectivity index (χ1n) is 13.1. The molecule has 4 rings (SSSR count). The van der Waals surface area contributed by atoms with E-state index in [9.17, 15) is 9.59 Å². The largest absolute Gasteiger partial charge is 0.396 e. The number of aliphatic hydroxyl groups is 2. The average Bonchev–Trinajstić information content (AvgIpc) is 3.36. The Labute approximate surface area is 213 Å². The van der Waals surface area contributed by atoms with Crippen molar-refractivity contribution in [2.45, 2.75) is 51.4 Å². The highest BCUT2D eigenvalue weighted by Crippen LogP contribution is 2.46. The third kappa shape index (κ3) is 5.45. The molecule has 36 heavy (non-hydrogen) atoms.